The van der Waals surface area contributed by atoms with Crippen molar-refractivity contribution in [2.75, 3.05) is 90.4 Å². The van der Waals surface area contributed by atoms with Crippen LogP contribution in [0.2, 0.25) is 0 Å². The normalized spacial score (nSPS) is 17.7. The van der Waals surface area contributed by atoms with Crippen LogP contribution in [-0.4, -0.2) is 129 Å². The highest BCUT2D eigenvalue weighted by molar-refractivity contribution is 6.07. The minimum atomic E-state index is -0.381. The molecule has 3 saturated heterocycles. The van der Waals surface area contributed by atoms with Crippen molar-refractivity contribution in [1.29, 1.82) is 0 Å². The number of carbonyl (C=O) groups excluding carboxylic acids is 2. The fraction of sp³-hybridized carbons (Fsp3) is 0.514. The number of urea groups is 1. The number of ether oxygens (including phenoxy) is 2. The van der Waals surface area contributed by atoms with Gasteiger partial charge in [-0.05, 0) is 82.4 Å². The van der Waals surface area contributed by atoms with E-state index in [-0.39, 0.29) is 11.9 Å². The van der Waals surface area contributed by atoms with Crippen molar-refractivity contribution in [3.8, 4) is 0 Å². The molecule has 0 aliphatic carbocycles. The van der Waals surface area contributed by atoms with Crippen LogP contribution in [0, 0.1) is 0 Å². The molecule has 0 radical (unpaired) electrons. The summed E-state index contributed by atoms with van der Waals surface area (Å²) in [5, 5.41) is 5.72. The second-order valence-electron chi connectivity index (χ2n) is 12.6. The molecule has 12 heteroatoms. The third kappa shape index (κ3) is 11.4. The first-order valence-electron chi connectivity index (χ1n) is 17.4. The number of morpholine rings is 2. The number of aliphatic imine (C=N–C) groups is 2. The molecule has 3 fully saturated rings. The van der Waals surface area contributed by atoms with Crippen LogP contribution in [0.25, 0.3) is 0 Å². The summed E-state index contributed by atoms with van der Waals surface area (Å²) < 4.78 is 11.0. The number of hydrogen-bond donors (Lipinski definition) is 2. The van der Waals surface area contributed by atoms with Crippen LogP contribution in [0.15, 0.2) is 70.9 Å². The molecule has 266 valence electrons. The molecule has 0 spiro atoms. The van der Waals surface area contributed by atoms with Crippen molar-refractivity contribution in [3.05, 3.63) is 72.1 Å². The Labute approximate surface area is 291 Å². The van der Waals surface area contributed by atoms with Gasteiger partial charge in [0.1, 0.15) is 11.7 Å². The number of benzene rings is 2. The highest BCUT2D eigenvalue weighted by atomic mass is 16.5. The monoisotopic (exact) mass is 674 g/mol. The molecule has 3 heterocycles. The Morgan fingerprint density at radius 1 is 0.755 bits per heavy atom. The van der Waals surface area contributed by atoms with Crippen LogP contribution >= 0.6 is 0 Å². The maximum atomic E-state index is 13.0. The molecule has 0 saturated carbocycles. The van der Waals surface area contributed by atoms with E-state index in [1.165, 1.54) is 6.42 Å². The van der Waals surface area contributed by atoms with Gasteiger partial charge in [-0.2, -0.15) is 0 Å². The third-order valence-electron chi connectivity index (χ3n) is 8.62. The first-order chi connectivity index (χ1) is 23.7. The summed E-state index contributed by atoms with van der Waals surface area (Å²) in [5.41, 5.74) is 2.64. The summed E-state index contributed by atoms with van der Waals surface area (Å²) in [7, 11) is 4.17. The summed E-state index contributed by atoms with van der Waals surface area (Å²) in [6.45, 7) is 17.6. The fourth-order valence-electron chi connectivity index (χ4n) is 5.74. The van der Waals surface area contributed by atoms with Gasteiger partial charge in [0.05, 0.1) is 26.4 Å². The maximum Gasteiger partial charge on any atom is 0.323 e. The van der Waals surface area contributed by atoms with Crippen molar-refractivity contribution in [1.82, 2.24) is 19.6 Å². The van der Waals surface area contributed by atoms with Crippen molar-refractivity contribution >= 4 is 35.0 Å². The lowest BCUT2D eigenvalue weighted by Crippen LogP contribution is -2.44. The lowest BCUT2D eigenvalue weighted by molar-refractivity contribution is 0.0534. The third-order valence-corrected chi connectivity index (χ3v) is 8.62. The fourth-order valence-corrected chi connectivity index (χ4v) is 5.74. The van der Waals surface area contributed by atoms with Gasteiger partial charge >= 0.3 is 6.03 Å². The average Bonchev–Trinajstić information content (AvgIpc) is 3.12. The van der Waals surface area contributed by atoms with Gasteiger partial charge in [-0.15, -0.1) is 0 Å². The van der Waals surface area contributed by atoms with Crippen LogP contribution in [0.5, 0.6) is 0 Å². The highest BCUT2D eigenvalue weighted by Crippen LogP contribution is 2.19. The topological polar surface area (TPSA) is 114 Å². The van der Waals surface area contributed by atoms with Gasteiger partial charge < -0.3 is 39.7 Å². The Morgan fingerprint density at radius 2 is 1.22 bits per heavy atom. The van der Waals surface area contributed by atoms with Gasteiger partial charge in [0.15, 0.2) is 5.84 Å². The standard InChI is InChI=1S/C34H46N8O4.C3H8/c1-25(40-17-21-45-22-18-40)35-32(36-26(2)41-19-23-46-24-20-41)27-5-9-29(10-6-27)37-34(44)38-30-11-7-28(8-12-30)33(43)42-15-13-31(14-16-42)39(3)4;1-3-2/h5-12,31H,1,13-24H2,2-4H3,(H2,37,38,44);3H2,1-2H3/b35-32-,36-26?;. The lowest BCUT2D eigenvalue weighted by Gasteiger charge is -2.35. The number of rotatable bonds is 7. The van der Waals surface area contributed by atoms with Crippen molar-refractivity contribution < 1.29 is 19.1 Å². The maximum absolute atomic E-state index is 13.0. The number of amidine groups is 2. The summed E-state index contributed by atoms with van der Waals surface area (Å²) in [4.78, 5) is 43.9. The summed E-state index contributed by atoms with van der Waals surface area (Å²) >= 11 is 0. The smallest absolute Gasteiger partial charge is 0.323 e. The number of likely N-dealkylation sites (tertiary alicyclic amines) is 1. The largest absolute Gasteiger partial charge is 0.378 e. The summed E-state index contributed by atoms with van der Waals surface area (Å²) in [5.74, 6) is 2.07. The molecule has 5 rings (SSSR count). The number of nitrogens with zero attached hydrogens (tertiary/aromatic N) is 6. The summed E-state index contributed by atoms with van der Waals surface area (Å²) in [6, 6.07) is 14.6. The summed E-state index contributed by atoms with van der Waals surface area (Å²) in [6.07, 6.45) is 3.19. The molecule has 2 aromatic carbocycles. The van der Waals surface area contributed by atoms with E-state index in [1.807, 2.05) is 36.1 Å². The van der Waals surface area contributed by atoms with Gasteiger partial charge in [0.25, 0.3) is 5.91 Å². The molecule has 0 atom stereocenters. The molecule has 2 N–H and O–H groups in total. The second-order valence-corrected chi connectivity index (χ2v) is 12.6. The first-order valence-corrected chi connectivity index (χ1v) is 17.4. The van der Waals surface area contributed by atoms with E-state index in [4.69, 9.17) is 19.5 Å². The van der Waals surface area contributed by atoms with E-state index < -0.39 is 0 Å². The Morgan fingerprint density at radius 3 is 1.71 bits per heavy atom. The first kappa shape index (κ1) is 37.6. The molecule has 49 heavy (non-hydrogen) atoms. The molecule has 12 nitrogen and oxygen atoms in total. The average molecular weight is 675 g/mol. The van der Waals surface area contributed by atoms with E-state index in [0.29, 0.717) is 61.1 Å². The zero-order valence-corrected chi connectivity index (χ0v) is 29.9. The van der Waals surface area contributed by atoms with E-state index >= 15 is 0 Å². The van der Waals surface area contributed by atoms with Gasteiger partial charge in [-0.25, -0.2) is 14.8 Å². The number of anilines is 2. The van der Waals surface area contributed by atoms with Crippen molar-refractivity contribution in [3.63, 3.8) is 0 Å². The van der Waals surface area contributed by atoms with E-state index in [0.717, 1.165) is 63.5 Å². The van der Waals surface area contributed by atoms with Crippen LogP contribution < -0.4 is 10.6 Å². The van der Waals surface area contributed by atoms with Crippen LogP contribution in [0.4, 0.5) is 16.2 Å². The number of amides is 3. The Kier molecular flexibility index (Phi) is 14.6. The molecule has 3 amide bonds. The van der Waals surface area contributed by atoms with Gasteiger partial charge in [0, 0.05) is 67.8 Å². The minimum Gasteiger partial charge on any atom is -0.378 e. The molecule has 0 bridgehead atoms. The van der Waals surface area contributed by atoms with Crippen molar-refractivity contribution in [2.24, 2.45) is 9.98 Å². The molecular weight excluding hydrogens is 620 g/mol. The number of nitrogens with one attached hydrogen (secondary N) is 2. The molecule has 0 aromatic heterocycles. The van der Waals surface area contributed by atoms with E-state index in [9.17, 15) is 9.59 Å². The van der Waals surface area contributed by atoms with Gasteiger partial charge in [-0.3, -0.25) is 4.79 Å². The minimum absolute atomic E-state index is 0.0224. The number of carbonyl (C=O) groups is 2. The predicted molar refractivity (Wildman–Crippen MR) is 198 cm³/mol. The highest BCUT2D eigenvalue weighted by Gasteiger charge is 2.24. The van der Waals surface area contributed by atoms with Crippen molar-refractivity contribution in [2.45, 2.75) is 46.1 Å². The number of hydrogen-bond acceptors (Lipinski definition) is 7. The Balaban J connectivity index is 0.00000174. The molecule has 3 aliphatic heterocycles. The van der Waals surface area contributed by atoms with Crippen LogP contribution in [-0.2, 0) is 9.47 Å². The quantitative estimate of drug-likeness (QED) is 0.306. The predicted octanol–water partition coefficient (Wildman–Crippen LogP) is 5.21. The molecular formula is C37H54N8O4. The van der Waals surface area contributed by atoms with Gasteiger partial charge in [0.2, 0.25) is 0 Å². The second kappa shape index (κ2) is 19.1. The lowest BCUT2D eigenvalue weighted by atomic mass is 10.0. The molecule has 2 aromatic rings. The van der Waals surface area contributed by atoms with E-state index in [2.05, 4.69) is 59.9 Å². The zero-order chi connectivity index (χ0) is 35.2. The van der Waals surface area contributed by atoms with Crippen LogP contribution in [0.1, 0.15) is 56.0 Å². The number of piperidine rings is 1. The molecule has 3 aliphatic rings. The van der Waals surface area contributed by atoms with E-state index in [1.54, 1.807) is 24.3 Å². The Bertz CT molecular complexity index is 1420. The Hall–Kier alpha value is -4.26. The van der Waals surface area contributed by atoms with Gasteiger partial charge in [-0.1, -0.05) is 26.8 Å². The zero-order valence-electron chi connectivity index (χ0n) is 29.9. The SMILES string of the molecule is C=C(/N=C(\N=C(C)N1CCOCC1)c1ccc(NC(=O)Nc2ccc(C(=O)N3CCC(N(C)C)CC3)cc2)cc1)N1CCOCC1.CCC. The van der Waals surface area contributed by atoms with Crippen LogP contribution in [0.3, 0.4) is 0 Å². The molecule has 0 unspecified atom stereocenters.